The van der Waals surface area contributed by atoms with E-state index in [0.29, 0.717) is 16.4 Å². The van der Waals surface area contributed by atoms with Gasteiger partial charge in [-0.05, 0) is 6.07 Å². The zero-order valence-electron chi connectivity index (χ0n) is 7.62. The lowest BCUT2D eigenvalue weighted by molar-refractivity contribution is -0.136. The first-order chi connectivity index (χ1) is 7.25. The Hall–Kier alpha value is -1.82. The maximum absolute atomic E-state index is 10.5. The Morgan fingerprint density at radius 3 is 3.07 bits per heavy atom. The van der Waals surface area contributed by atoms with Gasteiger partial charge in [0.15, 0.2) is 0 Å². The fourth-order valence-electron chi connectivity index (χ4n) is 1.08. The fraction of sp³-hybridized carbons (Fsp3) is 0.111. The molecule has 1 N–H and O–H groups in total. The Balaban J connectivity index is 2.24. The van der Waals surface area contributed by atoms with Gasteiger partial charge >= 0.3 is 5.97 Å². The minimum atomic E-state index is -0.880. The number of carboxylic acids is 1. The van der Waals surface area contributed by atoms with Crippen molar-refractivity contribution in [2.24, 2.45) is 0 Å². The maximum atomic E-state index is 10.5. The molecule has 0 aromatic carbocycles. The zero-order valence-corrected chi connectivity index (χ0v) is 8.44. The molecule has 0 saturated carbocycles. The summed E-state index contributed by atoms with van der Waals surface area (Å²) in [5, 5.41) is 11.0. The molecule has 0 aliphatic heterocycles. The number of carbonyl (C=O) groups is 1. The molecular weight excluding hydrogens is 214 g/mol. The normalized spacial score (nSPS) is 10.1. The van der Waals surface area contributed by atoms with Crippen molar-refractivity contribution in [1.29, 1.82) is 0 Å². The highest BCUT2D eigenvalue weighted by molar-refractivity contribution is 7.13. The van der Waals surface area contributed by atoms with E-state index in [2.05, 4.69) is 15.0 Å². The highest BCUT2D eigenvalue weighted by Gasteiger charge is 2.07. The number of hydrogen-bond acceptors (Lipinski definition) is 5. The van der Waals surface area contributed by atoms with Crippen molar-refractivity contribution >= 4 is 17.3 Å². The molecule has 5 nitrogen and oxygen atoms in total. The van der Waals surface area contributed by atoms with Crippen LogP contribution in [0.3, 0.4) is 0 Å². The van der Waals surface area contributed by atoms with Crippen LogP contribution in [0.25, 0.3) is 10.7 Å². The Morgan fingerprint density at radius 2 is 2.40 bits per heavy atom. The number of rotatable bonds is 3. The molecule has 0 radical (unpaired) electrons. The van der Waals surface area contributed by atoms with Crippen LogP contribution in [0.4, 0.5) is 0 Å². The summed E-state index contributed by atoms with van der Waals surface area (Å²) in [5.41, 5.74) is 1.27. The van der Waals surface area contributed by atoms with E-state index in [4.69, 9.17) is 5.11 Å². The molecule has 0 aliphatic rings. The third-order valence-corrected chi connectivity index (χ3v) is 2.60. The monoisotopic (exact) mass is 221 g/mol. The minimum absolute atomic E-state index is 0.0540. The Kier molecular flexibility index (Phi) is 2.68. The fourth-order valence-corrected chi connectivity index (χ4v) is 1.87. The maximum Gasteiger partial charge on any atom is 0.309 e. The third kappa shape index (κ3) is 2.35. The molecule has 76 valence electrons. The number of hydrogen-bond donors (Lipinski definition) is 1. The van der Waals surface area contributed by atoms with Gasteiger partial charge in [-0.2, -0.15) is 0 Å². The van der Waals surface area contributed by atoms with Crippen LogP contribution in [0.15, 0.2) is 24.0 Å². The summed E-state index contributed by atoms with van der Waals surface area (Å²) >= 11 is 1.38. The molecule has 2 rings (SSSR count). The van der Waals surface area contributed by atoms with Crippen LogP contribution in [0, 0.1) is 0 Å². The van der Waals surface area contributed by atoms with Crippen LogP contribution < -0.4 is 0 Å². The second-order valence-electron chi connectivity index (χ2n) is 2.81. The van der Waals surface area contributed by atoms with Crippen LogP contribution in [-0.2, 0) is 11.2 Å². The highest BCUT2D eigenvalue weighted by atomic mass is 32.1. The highest BCUT2D eigenvalue weighted by Crippen LogP contribution is 2.20. The van der Waals surface area contributed by atoms with Gasteiger partial charge in [0, 0.05) is 11.6 Å². The van der Waals surface area contributed by atoms with Gasteiger partial charge in [0.05, 0.1) is 12.1 Å². The van der Waals surface area contributed by atoms with Gasteiger partial charge in [0.25, 0.3) is 0 Å². The predicted molar refractivity (Wildman–Crippen MR) is 54.5 cm³/mol. The van der Waals surface area contributed by atoms with Crippen LogP contribution in [0.5, 0.6) is 0 Å². The topological polar surface area (TPSA) is 76.0 Å². The van der Waals surface area contributed by atoms with Crippen molar-refractivity contribution in [3.05, 3.63) is 29.7 Å². The van der Waals surface area contributed by atoms with E-state index in [-0.39, 0.29) is 6.42 Å². The predicted octanol–water partition coefficient (Wildman–Crippen LogP) is 1.23. The third-order valence-electron chi connectivity index (χ3n) is 1.69. The quantitative estimate of drug-likeness (QED) is 0.843. The lowest BCUT2D eigenvalue weighted by Gasteiger charge is -1.92. The molecule has 15 heavy (non-hydrogen) atoms. The molecule has 0 bridgehead atoms. The van der Waals surface area contributed by atoms with Gasteiger partial charge in [0.2, 0.25) is 0 Å². The molecule has 2 heterocycles. The average Bonchev–Trinajstić information content (AvgIpc) is 2.67. The van der Waals surface area contributed by atoms with E-state index in [9.17, 15) is 4.79 Å². The lowest BCUT2D eigenvalue weighted by Crippen LogP contribution is -1.99. The molecule has 0 saturated heterocycles. The zero-order chi connectivity index (χ0) is 10.7. The smallest absolute Gasteiger partial charge is 0.309 e. The van der Waals surface area contributed by atoms with Crippen LogP contribution in [0.2, 0.25) is 0 Å². The van der Waals surface area contributed by atoms with Crippen molar-refractivity contribution in [2.75, 3.05) is 0 Å². The second kappa shape index (κ2) is 4.14. The molecule has 2 aromatic heterocycles. The molecule has 0 fully saturated rings. The summed E-state index contributed by atoms with van der Waals surface area (Å²) in [6, 6.07) is 1.74. The van der Waals surface area contributed by atoms with E-state index < -0.39 is 5.97 Å². The molecule has 0 aliphatic carbocycles. The molecule has 2 aromatic rings. The van der Waals surface area contributed by atoms with Crippen LogP contribution in [0.1, 0.15) is 5.69 Å². The molecular formula is C9H7N3O2S. The van der Waals surface area contributed by atoms with E-state index in [1.165, 1.54) is 17.7 Å². The molecule has 0 spiro atoms. The van der Waals surface area contributed by atoms with Gasteiger partial charge in [-0.25, -0.2) is 15.0 Å². The summed E-state index contributed by atoms with van der Waals surface area (Å²) in [4.78, 5) is 22.5. The van der Waals surface area contributed by atoms with Crippen molar-refractivity contribution < 1.29 is 9.90 Å². The summed E-state index contributed by atoms with van der Waals surface area (Å²) in [5.74, 6) is -0.880. The van der Waals surface area contributed by atoms with Crippen molar-refractivity contribution in [2.45, 2.75) is 6.42 Å². The average molecular weight is 221 g/mol. The number of aromatic nitrogens is 3. The van der Waals surface area contributed by atoms with E-state index in [1.807, 2.05) is 0 Å². The Morgan fingerprint density at radius 1 is 1.53 bits per heavy atom. The van der Waals surface area contributed by atoms with Gasteiger partial charge in [-0.1, -0.05) is 0 Å². The van der Waals surface area contributed by atoms with Gasteiger partial charge in [-0.3, -0.25) is 4.79 Å². The lowest BCUT2D eigenvalue weighted by atomic mass is 10.3. The van der Waals surface area contributed by atoms with Crippen LogP contribution in [-0.4, -0.2) is 26.0 Å². The van der Waals surface area contributed by atoms with Crippen molar-refractivity contribution in [1.82, 2.24) is 15.0 Å². The SMILES string of the molecule is O=C(O)Cc1csc(-c2ccncn2)n1. The number of nitrogens with zero attached hydrogens (tertiary/aromatic N) is 3. The first kappa shape index (κ1) is 9.72. The summed E-state index contributed by atoms with van der Waals surface area (Å²) in [6.07, 6.45) is 3.01. The van der Waals surface area contributed by atoms with Crippen LogP contribution >= 0.6 is 11.3 Å². The molecule has 0 unspecified atom stereocenters. The molecule has 6 heteroatoms. The van der Waals surface area contributed by atoms with Gasteiger partial charge < -0.3 is 5.11 Å². The largest absolute Gasteiger partial charge is 0.481 e. The van der Waals surface area contributed by atoms with E-state index >= 15 is 0 Å². The van der Waals surface area contributed by atoms with E-state index in [0.717, 1.165) is 0 Å². The first-order valence-electron chi connectivity index (χ1n) is 4.18. The van der Waals surface area contributed by atoms with Gasteiger partial charge in [0.1, 0.15) is 17.0 Å². The second-order valence-corrected chi connectivity index (χ2v) is 3.67. The first-order valence-corrected chi connectivity index (χ1v) is 5.06. The number of thiazole rings is 1. The minimum Gasteiger partial charge on any atom is -0.481 e. The number of carboxylic acid groups (broad SMARTS) is 1. The van der Waals surface area contributed by atoms with Gasteiger partial charge in [-0.15, -0.1) is 11.3 Å². The number of aliphatic carboxylic acids is 1. The Labute approximate surface area is 89.5 Å². The molecule has 0 atom stereocenters. The standard InChI is InChI=1S/C9H7N3O2S/c13-8(14)3-6-4-15-9(12-6)7-1-2-10-5-11-7/h1-2,4-5H,3H2,(H,13,14). The molecule has 0 amide bonds. The Bertz CT molecular complexity index is 469. The van der Waals surface area contributed by atoms with Crippen molar-refractivity contribution in [3.8, 4) is 10.7 Å². The van der Waals surface area contributed by atoms with Crippen molar-refractivity contribution in [3.63, 3.8) is 0 Å². The summed E-state index contributed by atoms with van der Waals surface area (Å²) in [7, 11) is 0. The van der Waals surface area contributed by atoms with E-state index in [1.54, 1.807) is 17.6 Å². The summed E-state index contributed by atoms with van der Waals surface area (Å²) < 4.78 is 0. The summed E-state index contributed by atoms with van der Waals surface area (Å²) in [6.45, 7) is 0.